The SMILES string of the molecule is C=C.O=C1CCN(C(=O)c2cncs2)CC1. The summed E-state index contributed by atoms with van der Waals surface area (Å²) in [5, 5.41) is 0. The Labute approximate surface area is 98.6 Å². The Balaban J connectivity index is 0.000000606. The van der Waals surface area contributed by atoms with Crippen LogP contribution in [0.4, 0.5) is 0 Å². The van der Waals surface area contributed by atoms with Gasteiger partial charge in [0.05, 0.1) is 11.7 Å². The minimum Gasteiger partial charge on any atom is -0.337 e. The average molecular weight is 238 g/mol. The molecule has 1 aromatic rings. The number of thiazole rings is 1. The lowest BCUT2D eigenvalue weighted by molar-refractivity contribution is -0.120. The van der Waals surface area contributed by atoms with E-state index in [4.69, 9.17) is 0 Å². The molecule has 1 aliphatic heterocycles. The van der Waals surface area contributed by atoms with Gasteiger partial charge in [-0.15, -0.1) is 24.5 Å². The number of carbonyl (C=O) groups is 2. The molecule has 2 rings (SSSR count). The third kappa shape index (κ3) is 3.00. The van der Waals surface area contributed by atoms with Crippen LogP contribution in [0.2, 0.25) is 0 Å². The zero-order valence-corrected chi connectivity index (χ0v) is 9.83. The van der Waals surface area contributed by atoms with Gasteiger partial charge in [0.1, 0.15) is 10.7 Å². The van der Waals surface area contributed by atoms with E-state index in [0.717, 1.165) is 0 Å². The number of hydrogen-bond donors (Lipinski definition) is 0. The molecule has 0 aromatic carbocycles. The van der Waals surface area contributed by atoms with Crippen LogP contribution in [0.25, 0.3) is 0 Å². The van der Waals surface area contributed by atoms with Crippen molar-refractivity contribution in [1.82, 2.24) is 9.88 Å². The van der Waals surface area contributed by atoms with Crippen LogP contribution >= 0.6 is 11.3 Å². The molecule has 0 radical (unpaired) electrons. The minimum atomic E-state index is 0.000000000000000444. The number of amides is 1. The summed E-state index contributed by atoms with van der Waals surface area (Å²) in [6.07, 6.45) is 2.55. The van der Waals surface area contributed by atoms with Crippen molar-refractivity contribution in [3.63, 3.8) is 0 Å². The standard InChI is InChI=1S/C9H10N2O2S.C2H4/c12-7-1-3-11(4-2-7)9(13)8-5-10-6-14-8;1-2/h5-6H,1-4H2;1-2H2. The summed E-state index contributed by atoms with van der Waals surface area (Å²) >= 11 is 1.34. The molecule has 1 fully saturated rings. The number of hydrogen-bond acceptors (Lipinski definition) is 4. The van der Waals surface area contributed by atoms with E-state index in [9.17, 15) is 9.59 Å². The molecule has 0 bridgehead atoms. The summed E-state index contributed by atoms with van der Waals surface area (Å²) in [4.78, 5) is 28.9. The topological polar surface area (TPSA) is 50.3 Å². The van der Waals surface area contributed by atoms with Gasteiger partial charge in [0, 0.05) is 25.9 Å². The lowest BCUT2D eigenvalue weighted by Crippen LogP contribution is -2.38. The van der Waals surface area contributed by atoms with Crippen LogP contribution in [0.3, 0.4) is 0 Å². The normalized spacial score (nSPS) is 15.2. The van der Waals surface area contributed by atoms with E-state index in [1.165, 1.54) is 11.3 Å². The Morgan fingerprint density at radius 3 is 2.50 bits per heavy atom. The molecule has 0 saturated carbocycles. The van der Waals surface area contributed by atoms with Crippen LogP contribution in [0.5, 0.6) is 0 Å². The maximum atomic E-state index is 11.8. The monoisotopic (exact) mass is 238 g/mol. The van der Waals surface area contributed by atoms with Crippen molar-refractivity contribution in [2.24, 2.45) is 0 Å². The lowest BCUT2D eigenvalue weighted by Gasteiger charge is -2.25. The van der Waals surface area contributed by atoms with E-state index < -0.39 is 0 Å². The highest BCUT2D eigenvalue weighted by Gasteiger charge is 2.22. The van der Waals surface area contributed by atoms with E-state index in [2.05, 4.69) is 18.1 Å². The van der Waals surface area contributed by atoms with Crippen LogP contribution in [-0.4, -0.2) is 34.7 Å². The molecule has 16 heavy (non-hydrogen) atoms. The van der Waals surface area contributed by atoms with Crippen LogP contribution in [-0.2, 0) is 4.79 Å². The summed E-state index contributed by atoms with van der Waals surface area (Å²) < 4.78 is 0. The first kappa shape index (κ1) is 12.6. The second-order valence-corrected chi connectivity index (χ2v) is 4.08. The van der Waals surface area contributed by atoms with E-state index >= 15 is 0 Å². The Morgan fingerprint density at radius 2 is 2.00 bits per heavy atom. The van der Waals surface area contributed by atoms with Crippen molar-refractivity contribution in [1.29, 1.82) is 0 Å². The Hall–Kier alpha value is -1.49. The van der Waals surface area contributed by atoms with Gasteiger partial charge in [0.2, 0.25) is 0 Å². The maximum absolute atomic E-state index is 11.8. The molecular formula is C11H14N2O2S. The first-order chi connectivity index (χ1) is 7.77. The number of rotatable bonds is 1. The van der Waals surface area contributed by atoms with Crippen LogP contribution in [0.1, 0.15) is 22.5 Å². The molecular weight excluding hydrogens is 224 g/mol. The predicted molar refractivity (Wildman–Crippen MR) is 63.5 cm³/mol. The summed E-state index contributed by atoms with van der Waals surface area (Å²) in [6.45, 7) is 7.10. The van der Waals surface area contributed by atoms with Crippen LogP contribution in [0.15, 0.2) is 24.9 Å². The number of Topliss-reactive ketones (excluding diaryl/α,β-unsaturated/α-hetero) is 1. The zero-order valence-electron chi connectivity index (χ0n) is 9.02. The summed E-state index contributed by atoms with van der Waals surface area (Å²) in [5.41, 5.74) is 1.64. The molecule has 1 aliphatic rings. The van der Waals surface area contributed by atoms with Gasteiger partial charge >= 0.3 is 0 Å². The van der Waals surface area contributed by atoms with Gasteiger partial charge in [-0.05, 0) is 0 Å². The molecule has 1 amide bonds. The van der Waals surface area contributed by atoms with E-state index in [1.807, 2.05) is 0 Å². The van der Waals surface area contributed by atoms with Crippen molar-refractivity contribution < 1.29 is 9.59 Å². The number of piperidine rings is 1. The second-order valence-electron chi connectivity index (χ2n) is 3.20. The molecule has 1 saturated heterocycles. The zero-order chi connectivity index (χ0) is 12.0. The molecule has 0 spiro atoms. The Morgan fingerprint density at radius 1 is 1.38 bits per heavy atom. The van der Waals surface area contributed by atoms with E-state index in [0.29, 0.717) is 30.8 Å². The Kier molecular flexibility index (Phi) is 4.85. The van der Waals surface area contributed by atoms with Gasteiger partial charge in [-0.1, -0.05) is 0 Å². The highest BCUT2D eigenvalue weighted by Crippen LogP contribution is 2.13. The first-order valence-electron chi connectivity index (χ1n) is 4.97. The number of nitrogens with zero attached hydrogens (tertiary/aromatic N) is 2. The third-order valence-electron chi connectivity index (χ3n) is 2.25. The summed E-state index contributed by atoms with van der Waals surface area (Å²) in [5.74, 6) is 0.248. The molecule has 0 atom stereocenters. The van der Waals surface area contributed by atoms with Gasteiger partial charge < -0.3 is 4.90 Å². The minimum absolute atomic E-state index is 0.000000000000000444. The summed E-state index contributed by atoms with van der Waals surface area (Å²) in [6, 6.07) is 0. The predicted octanol–water partition coefficient (Wildman–Crippen LogP) is 1.75. The fourth-order valence-corrected chi connectivity index (χ4v) is 2.02. The largest absolute Gasteiger partial charge is 0.337 e. The van der Waals surface area contributed by atoms with Crippen molar-refractivity contribution in [3.8, 4) is 0 Å². The van der Waals surface area contributed by atoms with Gasteiger partial charge in [0.25, 0.3) is 5.91 Å². The van der Waals surface area contributed by atoms with Gasteiger partial charge in [-0.3, -0.25) is 14.6 Å². The smallest absolute Gasteiger partial charge is 0.265 e. The van der Waals surface area contributed by atoms with Gasteiger partial charge in [-0.2, -0.15) is 0 Å². The average Bonchev–Trinajstić information content (AvgIpc) is 2.85. The van der Waals surface area contributed by atoms with Crippen molar-refractivity contribution in [2.45, 2.75) is 12.8 Å². The van der Waals surface area contributed by atoms with Crippen molar-refractivity contribution >= 4 is 23.0 Å². The van der Waals surface area contributed by atoms with Crippen LogP contribution in [0, 0.1) is 0 Å². The number of ketones is 1. The quantitative estimate of drug-likeness (QED) is 0.700. The first-order valence-corrected chi connectivity index (χ1v) is 5.85. The number of carbonyl (C=O) groups excluding carboxylic acids is 2. The lowest BCUT2D eigenvalue weighted by atomic mass is 10.1. The molecule has 5 heteroatoms. The third-order valence-corrected chi connectivity index (χ3v) is 3.01. The molecule has 86 valence electrons. The van der Waals surface area contributed by atoms with Crippen molar-refractivity contribution in [2.75, 3.05) is 13.1 Å². The van der Waals surface area contributed by atoms with Gasteiger partial charge in [-0.25, -0.2) is 0 Å². The Bertz CT molecular complexity index is 352. The highest BCUT2D eigenvalue weighted by atomic mass is 32.1. The molecule has 0 unspecified atom stereocenters. The molecule has 2 heterocycles. The van der Waals surface area contributed by atoms with Crippen LogP contribution < -0.4 is 0 Å². The van der Waals surface area contributed by atoms with E-state index in [1.54, 1.807) is 16.6 Å². The molecule has 4 nitrogen and oxygen atoms in total. The molecule has 0 aliphatic carbocycles. The van der Waals surface area contributed by atoms with Gasteiger partial charge in [0.15, 0.2) is 0 Å². The van der Waals surface area contributed by atoms with E-state index in [-0.39, 0.29) is 11.7 Å². The van der Waals surface area contributed by atoms with Crippen molar-refractivity contribution in [3.05, 3.63) is 29.7 Å². The fraction of sp³-hybridized carbons (Fsp3) is 0.364. The molecule has 0 N–H and O–H groups in total. The summed E-state index contributed by atoms with van der Waals surface area (Å²) in [7, 11) is 0. The second kappa shape index (κ2) is 6.17. The maximum Gasteiger partial charge on any atom is 0.265 e. The number of likely N-dealkylation sites (tertiary alicyclic amines) is 1. The molecule has 1 aromatic heterocycles. The fourth-order valence-electron chi connectivity index (χ4n) is 1.44. The number of aromatic nitrogens is 1. The highest BCUT2D eigenvalue weighted by molar-refractivity contribution is 7.11.